The van der Waals surface area contributed by atoms with E-state index in [2.05, 4.69) is 36.6 Å². The Labute approximate surface area is 177 Å². The van der Waals surface area contributed by atoms with Crippen LogP contribution < -0.4 is 5.32 Å². The number of hydrogen-bond donors (Lipinski definition) is 1. The zero-order valence-corrected chi connectivity index (χ0v) is 17.9. The third-order valence-corrected chi connectivity index (χ3v) is 6.23. The number of quaternary nitrogens is 1. The van der Waals surface area contributed by atoms with E-state index < -0.39 is 0 Å². The molecule has 0 aromatic heterocycles. The Morgan fingerprint density at radius 1 is 1.07 bits per heavy atom. The molecule has 0 aliphatic carbocycles. The molecule has 1 N–H and O–H groups in total. The fourth-order valence-corrected chi connectivity index (χ4v) is 4.39. The standard InChI is InChI=1S/C23H29N3O2S/c1-26(17-20-8-4-2-5-9-20)14-13-25(23(28)18-26)16-22(27)24-12-15-29-19-21-10-6-3-7-11-21/h2-11H,12-19H2,1H3/p+1. The Balaban J connectivity index is 1.35. The average molecular weight is 413 g/mol. The Bertz CT molecular complexity index is 800. The Hall–Kier alpha value is -2.31. The van der Waals surface area contributed by atoms with Crippen LogP contribution in [0.5, 0.6) is 0 Å². The minimum Gasteiger partial charge on any atom is -0.354 e. The van der Waals surface area contributed by atoms with Gasteiger partial charge in [0.25, 0.3) is 5.91 Å². The van der Waals surface area contributed by atoms with Gasteiger partial charge in [0, 0.05) is 23.6 Å². The lowest BCUT2D eigenvalue weighted by atomic mass is 10.1. The number of nitrogens with one attached hydrogen (secondary N) is 1. The summed E-state index contributed by atoms with van der Waals surface area (Å²) >= 11 is 1.80. The number of nitrogens with zero attached hydrogens (tertiary/aromatic N) is 2. The molecule has 5 nitrogen and oxygen atoms in total. The molecule has 0 spiro atoms. The number of likely N-dealkylation sites (N-methyl/N-ethyl adjacent to an activating group) is 1. The highest BCUT2D eigenvalue weighted by Crippen LogP contribution is 2.16. The molecule has 2 aromatic rings. The molecule has 1 fully saturated rings. The molecule has 0 saturated carbocycles. The van der Waals surface area contributed by atoms with E-state index in [0.717, 1.165) is 24.6 Å². The number of amides is 2. The first-order chi connectivity index (χ1) is 14.0. The van der Waals surface area contributed by atoms with Crippen molar-refractivity contribution in [2.75, 3.05) is 45.5 Å². The number of carbonyl (C=O) groups excluding carboxylic acids is 2. The smallest absolute Gasteiger partial charge is 0.278 e. The van der Waals surface area contributed by atoms with Gasteiger partial charge in [-0.3, -0.25) is 9.59 Å². The first-order valence-electron chi connectivity index (χ1n) is 10.1. The summed E-state index contributed by atoms with van der Waals surface area (Å²) in [6.07, 6.45) is 0. The van der Waals surface area contributed by atoms with E-state index in [4.69, 9.17) is 0 Å². The molecule has 1 unspecified atom stereocenters. The van der Waals surface area contributed by atoms with Gasteiger partial charge in [0.05, 0.1) is 26.7 Å². The van der Waals surface area contributed by atoms with Crippen molar-refractivity contribution in [3.8, 4) is 0 Å². The number of hydrogen-bond acceptors (Lipinski definition) is 3. The van der Waals surface area contributed by atoms with Crippen LogP contribution in [0.3, 0.4) is 0 Å². The number of carbonyl (C=O) groups is 2. The highest BCUT2D eigenvalue weighted by Gasteiger charge is 2.35. The van der Waals surface area contributed by atoms with E-state index in [9.17, 15) is 9.59 Å². The van der Waals surface area contributed by atoms with Gasteiger partial charge in [-0.2, -0.15) is 11.8 Å². The van der Waals surface area contributed by atoms with Crippen molar-refractivity contribution in [1.82, 2.24) is 10.2 Å². The van der Waals surface area contributed by atoms with Crippen molar-refractivity contribution in [2.24, 2.45) is 0 Å². The molecule has 29 heavy (non-hydrogen) atoms. The van der Waals surface area contributed by atoms with Crippen LogP contribution in [0.4, 0.5) is 0 Å². The fraction of sp³-hybridized carbons (Fsp3) is 0.391. The topological polar surface area (TPSA) is 49.4 Å². The second-order valence-corrected chi connectivity index (χ2v) is 8.95. The van der Waals surface area contributed by atoms with Crippen LogP contribution in [0.25, 0.3) is 0 Å². The molecule has 0 radical (unpaired) electrons. The van der Waals surface area contributed by atoms with Crippen molar-refractivity contribution in [1.29, 1.82) is 0 Å². The largest absolute Gasteiger partial charge is 0.354 e. The summed E-state index contributed by atoms with van der Waals surface area (Å²) < 4.78 is 0.692. The molecule has 6 heteroatoms. The second-order valence-electron chi connectivity index (χ2n) is 7.85. The van der Waals surface area contributed by atoms with E-state index in [1.807, 2.05) is 36.4 Å². The summed E-state index contributed by atoms with van der Waals surface area (Å²) in [4.78, 5) is 26.5. The van der Waals surface area contributed by atoms with Crippen LogP contribution >= 0.6 is 11.8 Å². The van der Waals surface area contributed by atoms with E-state index >= 15 is 0 Å². The molecule has 3 rings (SSSR count). The molecule has 1 atom stereocenters. The van der Waals surface area contributed by atoms with Gasteiger partial charge in [-0.25, -0.2) is 0 Å². The second kappa shape index (κ2) is 10.5. The molecule has 1 aliphatic rings. The van der Waals surface area contributed by atoms with E-state index in [-0.39, 0.29) is 18.4 Å². The van der Waals surface area contributed by atoms with E-state index in [1.165, 1.54) is 11.1 Å². The predicted molar refractivity (Wildman–Crippen MR) is 118 cm³/mol. The zero-order chi connectivity index (χ0) is 20.5. The maximum Gasteiger partial charge on any atom is 0.278 e. The van der Waals surface area contributed by atoms with Crippen molar-refractivity contribution < 1.29 is 14.1 Å². The van der Waals surface area contributed by atoms with Gasteiger partial charge in [-0.05, 0) is 5.56 Å². The number of piperazine rings is 1. The highest BCUT2D eigenvalue weighted by molar-refractivity contribution is 7.98. The van der Waals surface area contributed by atoms with E-state index in [1.54, 1.807) is 16.7 Å². The molecule has 2 aromatic carbocycles. The Morgan fingerprint density at radius 2 is 1.72 bits per heavy atom. The third kappa shape index (κ3) is 6.91. The fourth-order valence-electron chi connectivity index (χ4n) is 3.57. The minimum atomic E-state index is -0.0715. The van der Waals surface area contributed by atoms with Crippen molar-refractivity contribution in [3.63, 3.8) is 0 Å². The van der Waals surface area contributed by atoms with Crippen molar-refractivity contribution in [3.05, 3.63) is 71.8 Å². The monoisotopic (exact) mass is 412 g/mol. The number of rotatable bonds is 9. The summed E-state index contributed by atoms with van der Waals surface area (Å²) in [6, 6.07) is 20.6. The molecular weight excluding hydrogens is 382 g/mol. The Morgan fingerprint density at radius 3 is 2.38 bits per heavy atom. The summed E-state index contributed by atoms with van der Waals surface area (Å²) in [5, 5.41) is 2.94. The number of thioether (sulfide) groups is 1. The summed E-state index contributed by atoms with van der Waals surface area (Å²) in [5.41, 5.74) is 2.53. The van der Waals surface area contributed by atoms with Gasteiger partial charge in [0.1, 0.15) is 6.54 Å². The molecule has 2 amide bonds. The lowest BCUT2D eigenvalue weighted by Crippen LogP contribution is -2.60. The van der Waals surface area contributed by atoms with Gasteiger partial charge in [-0.1, -0.05) is 60.7 Å². The highest BCUT2D eigenvalue weighted by atomic mass is 32.2. The maximum absolute atomic E-state index is 12.6. The van der Waals surface area contributed by atoms with Crippen LogP contribution in [0.15, 0.2) is 60.7 Å². The molecule has 1 heterocycles. The molecule has 0 bridgehead atoms. The van der Waals surface area contributed by atoms with Gasteiger partial charge in [0.15, 0.2) is 6.54 Å². The third-order valence-electron chi connectivity index (χ3n) is 5.20. The molecule has 1 saturated heterocycles. The molecular formula is C23H30N3O2S+. The van der Waals surface area contributed by atoms with Crippen molar-refractivity contribution in [2.45, 2.75) is 12.3 Å². The maximum atomic E-state index is 12.6. The normalized spacial score (nSPS) is 19.2. The van der Waals surface area contributed by atoms with Crippen LogP contribution in [0.2, 0.25) is 0 Å². The van der Waals surface area contributed by atoms with Gasteiger partial charge < -0.3 is 14.7 Å². The van der Waals surface area contributed by atoms with Crippen LogP contribution in [-0.2, 0) is 21.9 Å². The lowest BCUT2D eigenvalue weighted by Gasteiger charge is -2.41. The zero-order valence-electron chi connectivity index (χ0n) is 17.0. The summed E-state index contributed by atoms with van der Waals surface area (Å²) in [7, 11) is 2.12. The Kier molecular flexibility index (Phi) is 7.72. The number of benzene rings is 2. The van der Waals surface area contributed by atoms with Crippen LogP contribution in [0.1, 0.15) is 11.1 Å². The van der Waals surface area contributed by atoms with Gasteiger partial charge in [-0.15, -0.1) is 0 Å². The summed E-state index contributed by atoms with van der Waals surface area (Å²) in [6.45, 7) is 3.55. The molecule has 1 aliphatic heterocycles. The van der Waals surface area contributed by atoms with Gasteiger partial charge in [0.2, 0.25) is 5.91 Å². The first kappa shape index (κ1) is 21.4. The van der Waals surface area contributed by atoms with Crippen LogP contribution in [-0.4, -0.2) is 66.7 Å². The van der Waals surface area contributed by atoms with Crippen molar-refractivity contribution >= 4 is 23.6 Å². The molecule has 154 valence electrons. The van der Waals surface area contributed by atoms with E-state index in [0.29, 0.717) is 24.1 Å². The lowest BCUT2D eigenvalue weighted by molar-refractivity contribution is -0.917. The minimum absolute atomic E-state index is 0.0586. The first-order valence-corrected chi connectivity index (χ1v) is 11.2. The summed E-state index contributed by atoms with van der Waals surface area (Å²) in [5.74, 6) is 1.79. The SMILES string of the molecule is C[N+]1(Cc2ccccc2)CCN(CC(=O)NCCSCc2ccccc2)C(=O)C1. The van der Waals surface area contributed by atoms with Gasteiger partial charge >= 0.3 is 0 Å². The average Bonchev–Trinajstić information content (AvgIpc) is 2.71. The van der Waals surface area contributed by atoms with Crippen LogP contribution in [0, 0.1) is 0 Å². The predicted octanol–water partition coefficient (Wildman–Crippen LogP) is 2.53. The quantitative estimate of drug-likeness (QED) is 0.509.